The summed E-state index contributed by atoms with van der Waals surface area (Å²) in [4.78, 5) is 60.7. The molecule has 3 aromatic carbocycles. The highest BCUT2D eigenvalue weighted by Gasteiger charge is 2.25. The lowest BCUT2D eigenvalue weighted by atomic mass is 9.92. The highest BCUT2D eigenvalue weighted by atomic mass is 16.5. The second-order valence-electron chi connectivity index (χ2n) is 14.2. The number of primary amides is 2. The van der Waals surface area contributed by atoms with Gasteiger partial charge in [-0.25, -0.2) is 24.2 Å². The number of amides is 4. The van der Waals surface area contributed by atoms with Crippen molar-refractivity contribution in [3.05, 3.63) is 65.9 Å². The lowest BCUT2D eigenvalue weighted by Crippen LogP contribution is -2.38. The number of rotatable bonds is 13. The molecule has 5 aromatic rings. The van der Waals surface area contributed by atoms with E-state index in [0.717, 1.165) is 101 Å². The first kappa shape index (κ1) is 62.4. The van der Waals surface area contributed by atoms with Crippen LogP contribution in [0.3, 0.4) is 0 Å². The average molecular weight is 942 g/mol. The Labute approximate surface area is 401 Å². The Morgan fingerprint density at radius 3 is 1.82 bits per heavy atom. The third kappa shape index (κ3) is 17.6. The first-order valence-corrected chi connectivity index (χ1v) is 21.5. The molecule has 370 valence electrons. The minimum Gasteiger partial charge on any atom is -0.488 e. The van der Waals surface area contributed by atoms with Crippen LogP contribution in [0.1, 0.15) is 97.3 Å². The molecular weight excluding hydrogens is 871 g/mol. The fraction of sp³-hybridized carbons (Fsp3) is 0.400. The number of imidazole rings is 2. The van der Waals surface area contributed by atoms with E-state index in [1.807, 2.05) is 35.9 Å². The maximum Gasteiger partial charge on any atom is 0.404 e. The van der Waals surface area contributed by atoms with Crippen LogP contribution in [0.5, 0.6) is 5.75 Å². The van der Waals surface area contributed by atoms with Crippen molar-refractivity contribution in [1.82, 2.24) is 29.4 Å². The highest BCUT2D eigenvalue weighted by molar-refractivity contribution is 6.07. The lowest BCUT2D eigenvalue weighted by Gasteiger charge is -2.28. The van der Waals surface area contributed by atoms with Crippen LogP contribution in [0.25, 0.3) is 44.2 Å². The summed E-state index contributed by atoms with van der Waals surface area (Å²) in [7, 11) is 3.22. The maximum absolute atomic E-state index is 13.0. The second-order valence-corrected chi connectivity index (χ2v) is 14.2. The molecule has 0 aliphatic carbocycles. The first-order valence-electron chi connectivity index (χ1n) is 21.5. The van der Waals surface area contributed by atoms with Gasteiger partial charge in [0.15, 0.2) is 0 Å². The second kappa shape index (κ2) is 33.7. The Balaban J connectivity index is 0. The van der Waals surface area contributed by atoms with Crippen molar-refractivity contribution in [3.8, 4) is 66.7 Å². The number of nitrogens with zero attached hydrogens (tertiary/aromatic N) is 5. The monoisotopic (exact) mass is 942 g/mol. The van der Waals surface area contributed by atoms with E-state index < -0.39 is 12.2 Å². The predicted octanol–water partition coefficient (Wildman–Crippen LogP) is 7.01. The number of carbonyl (C=O) groups is 4. The SMILES string of the molecule is C#C.C#C.C#C.CCCC(=O)N(Cc1ncc(-c2ccc3c(c2)COc2cc4c(ccc5nc(CN(C(=O)CCC)[C@@H](C)CC)n(N)c54)cc2-3)[nH]1)[C@@H](C)CC.CO.CO.COC(N)=O.NC(=O)O. The number of terminal acetylenes is 3. The normalized spacial score (nSPS) is 10.8. The molecular formula is C50H71N9O9. The van der Waals surface area contributed by atoms with Gasteiger partial charge in [-0.1, -0.05) is 45.9 Å². The Bertz CT molecular complexity index is 2370. The summed E-state index contributed by atoms with van der Waals surface area (Å²) in [6.07, 6.45) is 28.2. The number of aliphatic hydroxyl groups is 2. The summed E-state index contributed by atoms with van der Waals surface area (Å²) in [5.41, 5.74) is 15.2. The first-order chi connectivity index (χ1) is 32.7. The topological polar surface area (TPSA) is 278 Å². The largest absolute Gasteiger partial charge is 0.488 e. The van der Waals surface area contributed by atoms with Crippen LogP contribution in [-0.4, -0.2) is 102 Å². The number of benzene rings is 3. The molecule has 0 spiro atoms. The fourth-order valence-corrected chi connectivity index (χ4v) is 6.77. The minimum absolute atomic E-state index is 0.0909. The summed E-state index contributed by atoms with van der Waals surface area (Å²) >= 11 is 0. The fourth-order valence-electron chi connectivity index (χ4n) is 6.77. The van der Waals surface area contributed by atoms with Gasteiger partial charge in [-0.2, -0.15) is 0 Å². The van der Waals surface area contributed by atoms with Crippen molar-refractivity contribution in [3.63, 3.8) is 0 Å². The smallest absolute Gasteiger partial charge is 0.404 e. The summed E-state index contributed by atoms with van der Waals surface area (Å²) in [6.45, 7) is 13.7. The van der Waals surface area contributed by atoms with Crippen LogP contribution >= 0.6 is 0 Å². The molecule has 68 heavy (non-hydrogen) atoms. The molecule has 0 saturated carbocycles. The van der Waals surface area contributed by atoms with E-state index in [1.54, 1.807) is 4.68 Å². The Morgan fingerprint density at radius 2 is 1.34 bits per heavy atom. The number of methoxy groups -OCH3 is 1. The van der Waals surface area contributed by atoms with Gasteiger partial charge in [0.1, 0.15) is 24.0 Å². The molecule has 3 heterocycles. The number of nitrogens with one attached hydrogen (secondary N) is 1. The van der Waals surface area contributed by atoms with Gasteiger partial charge in [0.25, 0.3) is 0 Å². The van der Waals surface area contributed by atoms with Crippen LogP contribution < -0.4 is 22.0 Å². The van der Waals surface area contributed by atoms with Gasteiger partial charge in [0.2, 0.25) is 11.8 Å². The predicted molar refractivity (Wildman–Crippen MR) is 270 cm³/mol. The number of aromatic nitrogens is 4. The Hall–Kier alpha value is -7.72. The van der Waals surface area contributed by atoms with E-state index in [0.29, 0.717) is 38.4 Å². The molecule has 10 N–H and O–H groups in total. The zero-order chi connectivity index (χ0) is 52.7. The van der Waals surface area contributed by atoms with Crippen LogP contribution in [0, 0.1) is 38.5 Å². The number of ether oxygens (including phenoxy) is 2. The molecule has 1 aliphatic heterocycles. The third-order valence-electron chi connectivity index (χ3n) is 10.2. The number of aromatic amines is 1. The molecule has 6 rings (SSSR count). The van der Waals surface area contributed by atoms with Crippen molar-refractivity contribution < 1.29 is 44.0 Å². The summed E-state index contributed by atoms with van der Waals surface area (Å²) in [6, 6.07) is 15.0. The number of hydrogen-bond acceptors (Lipinski definition) is 11. The van der Waals surface area contributed by atoms with Crippen molar-refractivity contribution in [1.29, 1.82) is 0 Å². The van der Waals surface area contributed by atoms with Crippen molar-refractivity contribution in [2.45, 2.75) is 112 Å². The molecule has 18 nitrogen and oxygen atoms in total. The van der Waals surface area contributed by atoms with Gasteiger partial charge in [-0.15, -0.1) is 38.5 Å². The number of nitrogens with two attached hydrogens (primary N) is 3. The van der Waals surface area contributed by atoms with Gasteiger partial charge in [-0.3, -0.25) is 9.59 Å². The number of nitrogen functional groups attached to an aromatic ring is 1. The zero-order valence-corrected chi connectivity index (χ0v) is 40.9. The molecule has 18 heteroatoms. The van der Waals surface area contributed by atoms with Gasteiger partial charge >= 0.3 is 12.2 Å². The summed E-state index contributed by atoms with van der Waals surface area (Å²) in [5, 5.41) is 23.2. The molecule has 0 saturated heterocycles. The minimum atomic E-state index is -1.33. The van der Waals surface area contributed by atoms with E-state index >= 15 is 0 Å². The van der Waals surface area contributed by atoms with Gasteiger partial charge in [0.05, 0.1) is 43.1 Å². The lowest BCUT2D eigenvalue weighted by molar-refractivity contribution is -0.135. The molecule has 0 unspecified atom stereocenters. The van der Waals surface area contributed by atoms with Crippen molar-refractivity contribution >= 4 is 45.8 Å². The molecule has 1 aliphatic rings. The summed E-state index contributed by atoms with van der Waals surface area (Å²) in [5.74, 6) is 9.24. The average Bonchev–Trinajstić information content (AvgIpc) is 3.98. The van der Waals surface area contributed by atoms with E-state index in [9.17, 15) is 14.4 Å². The standard InChI is InChI=1S/C39H49N7O3.C2H5NO2.3C2H2.CH3NO2.2CH4O/c1-7-11-37(47)44(24(5)9-3)21-35-41-20-33(42-35)27-13-15-29-28(17-27)23-49-34-19-30-26(18-31(29)34)14-16-32-39(30)46(40)36(43-32)22-45(25(6)10-4)38(48)12-8-2;1-5-2(3)4;3*1-2;2-1(3)4;2*1-2/h13-20,24-25H,7-12,21-23,40H2,1-6H3,(H,41,42);1H3,(H2,3,4);3*1-2H;2H2,(H,3,4);2*2H,1H3/t24-,25-;;;;;;;/m0......./s1. The van der Waals surface area contributed by atoms with Crippen molar-refractivity contribution in [2.75, 3.05) is 27.2 Å². The van der Waals surface area contributed by atoms with E-state index in [4.69, 9.17) is 35.7 Å². The number of carboxylic acid groups (broad SMARTS) is 1. The highest BCUT2D eigenvalue weighted by Crippen LogP contribution is 2.42. The number of aliphatic hydroxyl groups excluding tert-OH is 2. The Morgan fingerprint density at radius 1 is 0.824 bits per heavy atom. The van der Waals surface area contributed by atoms with E-state index in [-0.39, 0.29) is 23.9 Å². The number of hydrogen-bond donors (Lipinski definition) is 7. The number of H-pyrrole nitrogens is 1. The van der Waals surface area contributed by atoms with Crippen molar-refractivity contribution in [2.24, 2.45) is 11.5 Å². The zero-order valence-electron chi connectivity index (χ0n) is 40.9. The quantitative estimate of drug-likeness (QED) is 0.0464. The van der Waals surface area contributed by atoms with E-state index in [1.165, 1.54) is 7.11 Å². The molecule has 2 aromatic heterocycles. The molecule has 0 fully saturated rings. The number of carbonyl (C=O) groups excluding carboxylic acids is 3. The maximum atomic E-state index is 13.0. The van der Waals surface area contributed by atoms with Gasteiger partial charge < -0.3 is 56.9 Å². The van der Waals surface area contributed by atoms with Crippen LogP contribution in [-0.2, 0) is 34.0 Å². The van der Waals surface area contributed by atoms with Gasteiger partial charge in [0, 0.05) is 50.1 Å². The summed E-state index contributed by atoms with van der Waals surface area (Å²) < 4.78 is 11.9. The molecule has 4 amide bonds. The van der Waals surface area contributed by atoms with Gasteiger partial charge in [-0.05, 0) is 85.9 Å². The van der Waals surface area contributed by atoms with E-state index in [2.05, 4.69) is 129 Å². The Kier molecular flexibility index (Phi) is 30.9. The van der Waals surface area contributed by atoms with Crippen LogP contribution in [0.2, 0.25) is 0 Å². The molecule has 0 radical (unpaired) electrons. The van der Waals surface area contributed by atoms with Crippen LogP contribution in [0.15, 0.2) is 48.7 Å². The third-order valence-corrected chi connectivity index (χ3v) is 10.2. The molecule has 0 bridgehead atoms. The molecule has 2 atom stereocenters. The number of fused-ring (bicyclic) bond motifs is 6. The van der Waals surface area contributed by atoms with Crippen LogP contribution in [0.4, 0.5) is 9.59 Å².